The van der Waals surface area contributed by atoms with Crippen molar-refractivity contribution in [1.29, 1.82) is 0 Å². The van der Waals surface area contributed by atoms with Gasteiger partial charge in [0, 0.05) is 0 Å². The van der Waals surface area contributed by atoms with Gasteiger partial charge in [0.2, 0.25) is 0 Å². The maximum atomic E-state index is 4.46. The average molecular weight is 247 g/mol. The molecular formula is C8H10B3BrN2. The molecule has 0 aliphatic rings. The fraction of sp³-hybridized carbons (Fsp3) is 0.125. The number of rotatable bonds is 1. The summed E-state index contributed by atoms with van der Waals surface area (Å²) in [4.78, 5) is 4.46. The number of halogens is 1. The first-order valence-electron chi connectivity index (χ1n) is 4.63. The number of fused-ring (bicyclic) bond motifs is 1. The molecule has 0 aliphatic carbocycles. The molecule has 0 N–H and O–H groups in total. The third-order valence-corrected chi connectivity index (χ3v) is 2.72. The first-order chi connectivity index (χ1) is 6.50. The minimum absolute atomic E-state index is 0.0505. The predicted octanol–water partition coefficient (Wildman–Crippen LogP) is -0.734. The molecule has 0 unspecified atom stereocenters. The van der Waals surface area contributed by atoms with Crippen molar-refractivity contribution >= 4 is 50.5 Å². The lowest BCUT2D eigenvalue weighted by Crippen LogP contribution is -2.35. The smallest absolute Gasteiger partial charge is 0.176 e. The summed E-state index contributed by atoms with van der Waals surface area (Å²) in [5, 5.41) is 0.0505. The molecule has 68 valence electrons. The van der Waals surface area contributed by atoms with Gasteiger partial charge in [0.25, 0.3) is 0 Å². The van der Waals surface area contributed by atoms with E-state index in [0.717, 1.165) is 10.3 Å². The van der Waals surface area contributed by atoms with Gasteiger partial charge in [-0.25, -0.2) is 4.98 Å². The van der Waals surface area contributed by atoms with Crippen molar-refractivity contribution in [3.8, 4) is 0 Å². The summed E-state index contributed by atoms with van der Waals surface area (Å²) in [5.74, 6) is 0. The third kappa shape index (κ3) is 1.52. The largest absolute Gasteiger partial charge is 0.337 e. The van der Waals surface area contributed by atoms with Gasteiger partial charge < -0.3 is 4.57 Å². The lowest BCUT2D eigenvalue weighted by Gasteiger charge is -2.23. The van der Waals surface area contributed by atoms with E-state index in [2.05, 4.69) is 55.1 Å². The van der Waals surface area contributed by atoms with Crippen molar-refractivity contribution in [2.75, 3.05) is 0 Å². The van der Waals surface area contributed by atoms with Gasteiger partial charge in [-0.3, -0.25) is 0 Å². The molecule has 1 aromatic heterocycles. The molecule has 0 atom stereocenters. The Kier molecular flexibility index (Phi) is 2.26. The first kappa shape index (κ1) is 9.90. The fourth-order valence-corrected chi connectivity index (χ4v) is 2.55. The van der Waals surface area contributed by atoms with E-state index in [1.54, 1.807) is 0 Å². The molecule has 1 aromatic carbocycles. The highest BCUT2D eigenvalue weighted by Gasteiger charge is 2.19. The molecule has 0 aliphatic heterocycles. The third-order valence-electron chi connectivity index (χ3n) is 2.19. The summed E-state index contributed by atoms with van der Waals surface area (Å²) in [6.45, 7) is 0. The number of imidazole rings is 1. The Morgan fingerprint density at radius 2 is 1.86 bits per heavy atom. The lowest BCUT2D eigenvalue weighted by atomic mass is 9.49. The second-order valence-electron chi connectivity index (χ2n) is 4.38. The Morgan fingerprint density at radius 1 is 1.21 bits per heavy atom. The zero-order valence-electron chi connectivity index (χ0n) is 8.58. The van der Waals surface area contributed by atoms with Crippen molar-refractivity contribution in [3.63, 3.8) is 0 Å². The number of hydrogen-bond acceptors (Lipinski definition) is 1. The molecule has 2 aromatic rings. The van der Waals surface area contributed by atoms with E-state index in [9.17, 15) is 0 Å². The molecule has 2 rings (SSSR count). The minimum atomic E-state index is 0.0505. The fourth-order valence-electron chi connectivity index (χ4n) is 1.63. The standard InChI is InChI=1S/C8H10B3BrN2/c9-8(10,11)14-6-4-2-1-3-5(6)13-7(14)12/h1-4H,9-11H2. The Morgan fingerprint density at radius 3 is 2.50 bits per heavy atom. The maximum Gasteiger partial charge on any atom is 0.176 e. The monoisotopic (exact) mass is 246 g/mol. The second kappa shape index (κ2) is 3.19. The molecule has 0 bridgehead atoms. The van der Waals surface area contributed by atoms with Crippen LogP contribution in [0.2, 0.25) is 0 Å². The molecule has 0 saturated carbocycles. The van der Waals surface area contributed by atoms with Crippen molar-refractivity contribution in [3.05, 3.63) is 29.0 Å². The quantitative estimate of drug-likeness (QED) is 0.607. The average Bonchev–Trinajstić information content (AvgIpc) is 2.38. The molecular weight excluding hydrogens is 236 g/mol. The van der Waals surface area contributed by atoms with Crippen molar-refractivity contribution < 1.29 is 0 Å². The lowest BCUT2D eigenvalue weighted by molar-refractivity contribution is 0.786. The summed E-state index contributed by atoms with van der Waals surface area (Å²) in [6.07, 6.45) is 0. The van der Waals surface area contributed by atoms with Crippen molar-refractivity contribution in [2.45, 2.75) is 5.24 Å². The second-order valence-corrected chi connectivity index (χ2v) is 5.09. The van der Waals surface area contributed by atoms with Crippen molar-refractivity contribution in [1.82, 2.24) is 9.55 Å². The van der Waals surface area contributed by atoms with Crippen LogP contribution in [-0.2, 0) is 5.24 Å². The molecule has 0 amide bonds. The number of para-hydroxylation sites is 2. The maximum absolute atomic E-state index is 4.46. The normalized spacial score (nSPS) is 12.1. The van der Waals surface area contributed by atoms with Crippen LogP contribution < -0.4 is 0 Å². The summed E-state index contributed by atoms with van der Waals surface area (Å²) in [7, 11) is 6.52. The van der Waals surface area contributed by atoms with Gasteiger partial charge in [-0.15, -0.1) is 0 Å². The van der Waals surface area contributed by atoms with Crippen LogP contribution in [0, 0.1) is 0 Å². The molecule has 0 saturated heterocycles. The summed E-state index contributed by atoms with van der Waals surface area (Å²) in [5.41, 5.74) is 2.21. The number of nitrogens with zero attached hydrogens (tertiary/aromatic N) is 2. The van der Waals surface area contributed by atoms with Gasteiger partial charge >= 0.3 is 0 Å². The highest BCUT2D eigenvalue weighted by Crippen LogP contribution is 2.23. The van der Waals surface area contributed by atoms with Gasteiger partial charge in [0.05, 0.1) is 11.0 Å². The van der Waals surface area contributed by atoms with Gasteiger partial charge in [0.15, 0.2) is 4.73 Å². The molecule has 6 heteroatoms. The Balaban J connectivity index is 2.81. The summed E-state index contributed by atoms with van der Waals surface area (Å²) in [6, 6.07) is 8.17. The van der Waals surface area contributed by atoms with Crippen LogP contribution in [0.25, 0.3) is 11.0 Å². The van der Waals surface area contributed by atoms with E-state index in [1.165, 1.54) is 5.52 Å². The highest BCUT2D eigenvalue weighted by molar-refractivity contribution is 9.10. The number of benzene rings is 1. The van der Waals surface area contributed by atoms with E-state index in [1.807, 2.05) is 18.2 Å². The topological polar surface area (TPSA) is 17.8 Å². The van der Waals surface area contributed by atoms with E-state index in [4.69, 9.17) is 0 Å². The highest BCUT2D eigenvalue weighted by atomic mass is 79.9. The summed E-state index contributed by atoms with van der Waals surface area (Å²) >= 11 is 3.50. The van der Waals surface area contributed by atoms with Crippen LogP contribution in [0.3, 0.4) is 0 Å². The Hall–Kier alpha value is -0.635. The summed E-state index contributed by atoms with van der Waals surface area (Å²) < 4.78 is 3.09. The Labute approximate surface area is 94.4 Å². The molecule has 0 fully saturated rings. The van der Waals surface area contributed by atoms with Crippen LogP contribution in [0.4, 0.5) is 0 Å². The zero-order chi connectivity index (χ0) is 10.3. The minimum Gasteiger partial charge on any atom is -0.337 e. The van der Waals surface area contributed by atoms with Crippen LogP contribution >= 0.6 is 15.9 Å². The first-order valence-corrected chi connectivity index (χ1v) is 5.43. The zero-order valence-corrected chi connectivity index (χ0v) is 10.2. The van der Waals surface area contributed by atoms with E-state index in [0.29, 0.717) is 0 Å². The van der Waals surface area contributed by atoms with E-state index >= 15 is 0 Å². The molecule has 0 radical (unpaired) electrons. The predicted molar refractivity (Wildman–Crippen MR) is 71.0 cm³/mol. The van der Waals surface area contributed by atoms with Crippen LogP contribution in [0.15, 0.2) is 29.0 Å². The van der Waals surface area contributed by atoms with Gasteiger partial charge in [-0.1, -0.05) is 12.1 Å². The van der Waals surface area contributed by atoms with Crippen LogP contribution in [-0.4, -0.2) is 33.1 Å². The van der Waals surface area contributed by atoms with Crippen LogP contribution in [0.5, 0.6) is 0 Å². The van der Waals surface area contributed by atoms with Gasteiger partial charge in [-0.2, -0.15) is 0 Å². The van der Waals surface area contributed by atoms with Crippen LogP contribution in [0.1, 0.15) is 0 Å². The molecule has 0 spiro atoms. The number of hydrogen-bond donors (Lipinski definition) is 0. The van der Waals surface area contributed by atoms with E-state index in [-0.39, 0.29) is 5.24 Å². The number of aromatic nitrogens is 2. The SMILES string of the molecule is BC(B)(B)n1c(Br)nc2ccccc21. The molecule has 14 heavy (non-hydrogen) atoms. The molecule has 1 heterocycles. The van der Waals surface area contributed by atoms with Crippen molar-refractivity contribution in [2.24, 2.45) is 0 Å². The van der Waals surface area contributed by atoms with Gasteiger partial charge in [-0.05, 0) is 33.3 Å². The molecule has 2 nitrogen and oxygen atoms in total. The Bertz CT molecular complexity index is 475. The van der Waals surface area contributed by atoms with Gasteiger partial charge in [0.1, 0.15) is 23.5 Å². The van der Waals surface area contributed by atoms with E-state index < -0.39 is 0 Å².